The zero-order chi connectivity index (χ0) is 17.8. The Balaban J connectivity index is 1.84. The van der Waals surface area contributed by atoms with Crippen LogP contribution in [0.1, 0.15) is 28.9 Å². The summed E-state index contributed by atoms with van der Waals surface area (Å²) < 4.78 is 16.5. The van der Waals surface area contributed by atoms with Gasteiger partial charge in [-0.05, 0) is 30.7 Å². The molecule has 0 N–H and O–H groups in total. The molecule has 0 radical (unpaired) electrons. The molecule has 2 aromatic carbocycles. The highest BCUT2D eigenvalue weighted by atomic mass is 16.5. The maximum atomic E-state index is 13.0. The number of morpholine rings is 1. The highest BCUT2D eigenvalue weighted by molar-refractivity contribution is 5.95. The van der Waals surface area contributed by atoms with Crippen molar-refractivity contribution in [3.05, 3.63) is 59.7 Å². The number of hydrogen-bond donors (Lipinski definition) is 0. The number of carbonyl (C=O) groups is 1. The van der Waals surface area contributed by atoms with Gasteiger partial charge in [-0.2, -0.15) is 0 Å². The highest BCUT2D eigenvalue weighted by Crippen LogP contribution is 2.31. The highest BCUT2D eigenvalue weighted by Gasteiger charge is 2.33. The molecule has 5 nitrogen and oxygen atoms in total. The fraction of sp³-hybridized carbons (Fsp3) is 0.350. The minimum absolute atomic E-state index is 0.0299. The second kappa shape index (κ2) is 7.57. The molecule has 0 spiro atoms. The van der Waals surface area contributed by atoms with Crippen LogP contribution in [0.25, 0.3) is 0 Å². The van der Waals surface area contributed by atoms with E-state index in [0.29, 0.717) is 30.2 Å². The quantitative estimate of drug-likeness (QED) is 0.856. The van der Waals surface area contributed by atoms with Gasteiger partial charge in [0.1, 0.15) is 6.10 Å². The molecule has 0 bridgehead atoms. The van der Waals surface area contributed by atoms with E-state index >= 15 is 0 Å². The van der Waals surface area contributed by atoms with Gasteiger partial charge in [0.25, 0.3) is 5.91 Å². The lowest BCUT2D eigenvalue weighted by atomic mass is 9.99. The summed E-state index contributed by atoms with van der Waals surface area (Å²) in [6, 6.07) is 15.2. The Labute approximate surface area is 148 Å². The monoisotopic (exact) mass is 341 g/mol. The topological polar surface area (TPSA) is 48.0 Å². The predicted octanol–water partition coefficient (Wildman–Crippen LogP) is 3.31. The molecule has 3 rings (SSSR count). The van der Waals surface area contributed by atoms with Gasteiger partial charge in [-0.25, -0.2) is 0 Å². The van der Waals surface area contributed by atoms with E-state index in [2.05, 4.69) is 0 Å². The van der Waals surface area contributed by atoms with E-state index in [4.69, 9.17) is 14.2 Å². The maximum Gasteiger partial charge on any atom is 0.254 e. The molecule has 25 heavy (non-hydrogen) atoms. The first-order valence-corrected chi connectivity index (χ1v) is 8.35. The van der Waals surface area contributed by atoms with Gasteiger partial charge in [-0.1, -0.05) is 30.3 Å². The van der Waals surface area contributed by atoms with Crippen LogP contribution in [0.3, 0.4) is 0 Å². The number of rotatable bonds is 4. The first-order valence-electron chi connectivity index (χ1n) is 8.35. The molecule has 132 valence electrons. The van der Waals surface area contributed by atoms with Gasteiger partial charge in [0, 0.05) is 12.1 Å². The zero-order valence-corrected chi connectivity index (χ0v) is 14.8. The summed E-state index contributed by atoms with van der Waals surface area (Å²) in [6.07, 6.45) is -0.126. The Morgan fingerprint density at radius 1 is 1.08 bits per heavy atom. The molecule has 1 saturated heterocycles. The number of hydrogen-bond acceptors (Lipinski definition) is 4. The molecule has 1 fully saturated rings. The van der Waals surface area contributed by atoms with Crippen LogP contribution in [0.4, 0.5) is 0 Å². The van der Waals surface area contributed by atoms with Crippen LogP contribution in [-0.4, -0.2) is 44.2 Å². The van der Waals surface area contributed by atoms with Gasteiger partial charge < -0.3 is 19.1 Å². The third-order valence-electron chi connectivity index (χ3n) is 4.58. The summed E-state index contributed by atoms with van der Waals surface area (Å²) in [5.41, 5.74) is 1.66. The van der Waals surface area contributed by atoms with Crippen molar-refractivity contribution in [2.75, 3.05) is 27.4 Å². The van der Waals surface area contributed by atoms with Gasteiger partial charge in [0.2, 0.25) is 0 Å². The van der Waals surface area contributed by atoms with Crippen molar-refractivity contribution in [3.8, 4) is 11.5 Å². The van der Waals surface area contributed by atoms with Crippen LogP contribution in [0.2, 0.25) is 0 Å². The Morgan fingerprint density at radius 2 is 1.80 bits per heavy atom. The number of nitrogens with zero attached hydrogens (tertiary/aromatic N) is 1. The van der Waals surface area contributed by atoms with E-state index in [1.54, 1.807) is 32.4 Å². The minimum atomic E-state index is -0.126. The zero-order valence-electron chi connectivity index (χ0n) is 14.8. The Hall–Kier alpha value is -2.53. The van der Waals surface area contributed by atoms with Crippen molar-refractivity contribution in [2.45, 2.75) is 19.1 Å². The summed E-state index contributed by atoms with van der Waals surface area (Å²) in [6.45, 7) is 3.11. The van der Waals surface area contributed by atoms with Crippen molar-refractivity contribution in [3.63, 3.8) is 0 Å². The van der Waals surface area contributed by atoms with Crippen LogP contribution in [0.5, 0.6) is 11.5 Å². The Bertz CT molecular complexity index is 732. The third-order valence-corrected chi connectivity index (χ3v) is 4.58. The van der Waals surface area contributed by atoms with Crippen molar-refractivity contribution in [1.82, 2.24) is 4.90 Å². The second-order valence-corrected chi connectivity index (χ2v) is 6.01. The predicted molar refractivity (Wildman–Crippen MR) is 95.2 cm³/mol. The minimum Gasteiger partial charge on any atom is -0.493 e. The normalized spacial score (nSPS) is 20.2. The fourth-order valence-electron chi connectivity index (χ4n) is 3.22. The number of amides is 1. The molecule has 2 atom stereocenters. The largest absolute Gasteiger partial charge is 0.493 e. The molecular weight excluding hydrogens is 318 g/mol. The lowest BCUT2D eigenvalue weighted by Crippen LogP contribution is -2.48. The number of methoxy groups -OCH3 is 2. The van der Waals surface area contributed by atoms with Crippen molar-refractivity contribution in [1.29, 1.82) is 0 Å². The Kier molecular flexibility index (Phi) is 5.24. The molecule has 0 aliphatic carbocycles. The third kappa shape index (κ3) is 3.46. The van der Waals surface area contributed by atoms with E-state index in [1.165, 1.54) is 0 Å². The summed E-state index contributed by atoms with van der Waals surface area (Å²) >= 11 is 0. The van der Waals surface area contributed by atoms with Crippen LogP contribution < -0.4 is 9.47 Å². The molecule has 1 aliphatic rings. The smallest absolute Gasteiger partial charge is 0.254 e. The number of carbonyl (C=O) groups excluding carboxylic acids is 1. The first-order chi connectivity index (χ1) is 12.2. The molecule has 1 amide bonds. The van der Waals surface area contributed by atoms with Gasteiger partial charge in [-0.3, -0.25) is 4.79 Å². The van der Waals surface area contributed by atoms with Crippen LogP contribution in [0.15, 0.2) is 48.5 Å². The summed E-state index contributed by atoms with van der Waals surface area (Å²) in [4.78, 5) is 14.9. The Morgan fingerprint density at radius 3 is 2.48 bits per heavy atom. The van der Waals surface area contributed by atoms with Gasteiger partial charge in [0.15, 0.2) is 11.5 Å². The SMILES string of the molecule is COc1ccc(C(=O)N2CCOC(c3ccccc3)C2C)cc1OC. The first kappa shape index (κ1) is 17.3. The van der Waals surface area contributed by atoms with E-state index in [9.17, 15) is 4.79 Å². The summed E-state index contributed by atoms with van der Waals surface area (Å²) in [5.74, 6) is 1.13. The van der Waals surface area contributed by atoms with Crippen molar-refractivity contribution >= 4 is 5.91 Å². The average Bonchev–Trinajstić information content (AvgIpc) is 2.67. The van der Waals surface area contributed by atoms with Crippen molar-refractivity contribution < 1.29 is 19.0 Å². The molecule has 1 aliphatic heterocycles. The van der Waals surface area contributed by atoms with Gasteiger partial charge >= 0.3 is 0 Å². The lowest BCUT2D eigenvalue weighted by Gasteiger charge is -2.39. The van der Waals surface area contributed by atoms with E-state index in [-0.39, 0.29) is 18.1 Å². The molecule has 0 saturated carbocycles. The van der Waals surface area contributed by atoms with E-state index < -0.39 is 0 Å². The second-order valence-electron chi connectivity index (χ2n) is 6.01. The van der Waals surface area contributed by atoms with Gasteiger partial charge in [0.05, 0.1) is 26.9 Å². The van der Waals surface area contributed by atoms with Crippen LogP contribution in [-0.2, 0) is 4.74 Å². The molecule has 2 aromatic rings. The van der Waals surface area contributed by atoms with E-state index in [1.807, 2.05) is 42.2 Å². The van der Waals surface area contributed by atoms with E-state index in [0.717, 1.165) is 5.56 Å². The average molecular weight is 341 g/mol. The molecular formula is C20H23NO4. The van der Waals surface area contributed by atoms with Crippen molar-refractivity contribution in [2.24, 2.45) is 0 Å². The fourth-order valence-corrected chi connectivity index (χ4v) is 3.22. The summed E-state index contributed by atoms with van der Waals surface area (Å²) in [7, 11) is 3.14. The summed E-state index contributed by atoms with van der Waals surface area (Å²) in [5, 5.41) is 0. The molecule has 0 aromatic heterocycles. The molecule has 1 heterocycles. The molecule has 5 heteroatoms. The maximum absolute atomic E-state index is 13.0. The van der Waals surface area contributed by atoms with Gasteiger partial charge in [-0.15, -0.1) is 0 Å². The standard InChI is InChI=1S/C20H23NO4/c1-14-19(15-7-5-4-6-8-15)25-12-11-21(14)20(22)16-9-10-17(23-2)18(13-16)24-3/h4-10,13-14,19H,11-12H2,1-3H3. The lowest BCUT2D eigenvalue weighted by molar-refractivity contribution is -0.0551. The van der Waals surface area contributed by atoms with Crippen LogP contribution >= 0.6 is 0 Å². The molecule has 2 unspecified atom stereocenters. The number of benzene rings is 2. The number of ether oxygens (including phenoxy) is 3. The van der Waals surface area contributed by atoms with Crippen LogP contribution in [0, 0.1) is 0 Å².